The molecule has 1 aromatic carbocycles. The highest BCUT2D eigenvalue weighted by atomic mass is 16.3. The van der Waals surface area contributed by atoms with Crippen LogP contribution in [0.2, 0.25) is 0 Å². The number of carbonyl (C=O) groups excluding carboxylic acids is 1. The largest absolute Gasteiger partial charge is 0.447 e. The van der Waals surface area contributed by atoms with E-state index in [0.29, 0.717) is 24.7 Å². The molecule has 0 unspecified atom stereocenters. The molecule has 0 spiro atoms. The SMILES string of the molecule is CN(Cc1cnccn1)C(=O)c1coc(CN2CCc3ccccc3C2)n1. The van der Waals surface area contributed by atoms with E-state index in [2.05, 4.69) is 44.1 Å². The second-order valence-corrected chi connectivity index (χ2v) is 6.71. The molecule has 0 atom stereocenters. The van der Waals surface area contributed by atoms with Crippen molar-refractivity contribution in [3.05, 3.63) is 77.5 Å². The van der Waals surface area contributed by atoms with E-state index in [4.69, 9.17) is 4.42 Å². The zero-order valence-electron chi connectivity index (χ0n) is 15.2. The van der Waals surface area contributed by atoms with Crippen molar-refractivity contribution in [1.29, 1.82) is 0 Å². The highest BCUT2D eigenvalue weighted by Gasteiger charge is 2.21. The monoisotopic (exact) mass is 363 g/mol. The fraction of sp³-hybridized carbons (Fsp3) is 0.300. The van der Waals surface area contributed by atoms with Gasteiger partial charge in [-0.15, -0.1) is 0 Å². The Hall–Kier alpha value is -3.06. The van der Waals surface area contributed by atoms with Gasteiger partial charge < -0.3 is 9.32 Å². The number of aromatic nitrogens is 3. The van der Waals surface area contributed by atoms with E-state index in [-0.39, 0.29) is 5.91 Å². The van der Waals surface area contributed by atoms with Gasteiger partial charge in [0.1, 0.15) is 6.26 Å². The smallest absolute Gasteiger partial charge is 0.275 e. The molecule has 27 heavy (non-hydrogen) atoms. The first kappa shape index (κ1) is 17.4. The molecule has 138 valence electrons. The van der Waals surface area contributed by atoms with Crippen LogP contribution in [-0.2, 0) is 26.1 Å². The van der Waals surface area contributed by atoms with Crippen molar-refractivity contribution >= 4 is 5.91 Å². The molecule has 1 amide bonds. The summed E-state index contributed by atoms with van der Waals surface area (Å²) in [6.07, 6.45) is 7.31. The Labute approximate surface area is 157 Å². The number of benzene rings is 1. The lowest BCUT2D eigenvalue weighted by Crippen LogP contribution is -2.30. The molecule has 0 saturated heterocycles. The van der Waals surface area contributed by atoms with E-state index < -0.39 is 0 Å². The van der Waals surface area contributed by atoms with Gasteiger partial charge in [0.15, 0.2) is 5.69 Å². The number of amides is 1. The molecule has 3 heterocycles. The van der Waals surface area contributed by atoms with E-state index in [1.54, 1.807) is 30.5 Å². The molecule has 1 aliphatic heterocycles. The molecule has 0 bridgehead atoms. The third kappa shape index (κ3) is 4.03. The molecule has 3 aromatic rings. The van der Waals surface area contributed by atoms with Gasteiger partial charge in [0.2, 0.25) is 5.89 Å². The number of oxazole rings is 1. The molecule has 7 nitrogen and oxygen atoms in total. The normalized spacial score (nSPS) is 14.0. The Bertz CT molecular complexity index is 925. The summed E-state index contributed by atoms with van der Waals surface area (Å²) in [5.74, 6) is 0.366. The maximum Gasteiger partial charge on any atom is 0.275 e. The zero-order chi connectivity index (χ0) is 18.6. The van der Waals surface area contributed by atoms with Gasteiger partial charge in [-0.1, -0.05) is 24.3 Å². The number of hydrogen-bond acceptors (Lipinski definition) is 6. The van der Waals surface area contributed by atoms with Crippen LogP contribution in [0.3, 0.4) is 0 Å². The molecular formula is C20H21N5O2. The fourth-order valence-electron chi connectivity index (χ4n) is 3.28. The van der Waals surface area contributed by atoms with E-state index >= 15 is 0 Å². The van der Waals surface area contributed by atoms with Gasteiger partial charge >= 0.3 is 0 Å². The van der Waals surface area contributed by atoms with Crippen molar-refractivity contribution in [3.63, 3.8) is 0 Å². The summed E-state index contributed by atoms with van der Waals surface area (Å²) >= 11 is 0. The minimum atomic E-state index is -0.195. The first-order chi connectivity index (χ1) is 13.2. The van der Waals surface area contributed by atoms with Crippen molar-refractivity contribution in [2.45, 2.75) is 26.1 Å². The lowest BCUT2D eigenvalue weighted by Gasteiger charge is -2.27. The van der Waals surface area contributed by atoms with Crippen LogP contribution >= 0.6 is 0 Å². The average molecular weight is 363 g/mol. The Morgan fingerprint density at radius 1 is 1.26 bits per heavy atom. The number of fused-ring (bicyclic) bond motifs is 1. The third-order valence-electron chi connectivity index (χ3n) is 4.70. The minimum Gasteiger partial charge on any atom is -0.447 e. The number of rotatable bonds is 5. The second kappa shape index (κ2) is 7.67. The molecule has 7 heteroatoms. The molecule has 2 aromatic heterocycles. The predicted octanol–water partition coefficient (Wildman–Crippen LogP) is 2.30. The van der Waals surface area contributed by atoms with Crippen molar-refractivity contribution in [3.8, 4) is 0 Å². The Balaban J connectivity index is 1.38. The lowest BCUT2D eigenvalue weighted by atomic mass is 10.00. The molecule has 1 aliphatic rings. The highest BCUT2D eigenvalue weighted by Crippen LogP contribution is 2.20. The Morgan fingerprint density at radius 3 is 2.93 bits per heavy atom. The number of hydrogen-bond donors (Lipinski definition) is 0. The summed E-state index contributed by atoms with van der Waals surface area (Å²) in [7, 11) is 1.72. The van der Waals surface area contributed by atoms with Crippen LogP contribution in [0.5, 0.6) is 0 Å². The van der Waals surface area contributed by atoms with E-state index in [1.165, 1.54) is 17.4 Å². The van der Waals surface area contributed by atoms with Gasteiger partial charge in [0.05, 0.1) is 25.0 Å². The van der Waals surface area contributed by atoms with Crippen molar-refractivity contribution in [2.75, 3.05) is 13.6 Å². The molecular weight excluding hydrogens is 342 g/mol. The van der Waals surface area contributed by atoms with Gasteiger partial charge in [-0.3, -0.25) is 19.7 Å². The van der Waals surface area contributed by atoms with Crippen LogP contribution < -0.4 is 0 Å². The first-order valence-corrected chi connectivity index (χ1v) is 8.93. The molecule has 0 saturated carbocycles. The molecule has 0 radical (unpaired) electrons. The fourth-order valence-corrected chi connectivity index (χ4v) is 3.28. The van der Waals surface area contributed by atoms with Crippen molar-refractivity contribution in [2.24, 2.45) is 0 Å². The summed E-state index contributed by atoms with van der Waals surface area (Å²) in [4.78, 5) is 29.0. The number of nitrogens with zero attached hydrogens (tertiary/aromatic N) is 5. The van der Waals surface area contributed by atoms with Gasteiger partial charge in [-0.25, -0.2) is 4.98 Å². The maximum atomic E-state index is 12.6. The molecule has 4 rings (SSSR count). The van der Waals surface area contributed by atoms with E-state index in [9.17, 15) is 4.79 Å². The maximum absolute atomic E-state index is 12.6. The van der Waals surface area contributed by atoms with Gasteiger partial charge in [-0.05, 0) is 17.5 Å². The van der Waals surface area contributed by atoms with Crippen LogP contribution in [-0.4, -0.2) is 44.3 Å². The van der Waals surface area contributed by atoms with Crippen LogP contribution in [0.15, 0.2) is 53.5 Å². The molecule has 0 fully saturated rings. The summed E-state index contributed by atoms with van der Waals surface area (Å²) in [5.41, 5.74) is 3.79. The lowest BCUT2D eigenvalue weighted by molar-refractivity contribution is 0.0777. The highest BCUT2D eigenvalue weighted by molar-refractivity contribution is 5.91. The summed E-state index contributed by atoms with van der Waals surface area (Å²) in [5, 5.41) is 0. The quantitative estimate of drug-likeness (QED) is 0.692. The van der Waals surface area contributed by atoms with Gasteiger partial charge in [-0.2, -0.15) is 0 Å². The summed E-state index contributed by atoms with van der Waals surface area (Å²) in [6.45, 7) is 2.79. The van der Waals surface area contributed by atoms with E-state index in [1.807, 2.05) is 0 Å². The molecule has 0 aliphatic carbocycles. The third-order valence-corrected chi connectivity index (χ3v) is 4.70. The Morgan fingerprint density at radius 2 is 2.11 bits per heavy atom. The first-order valence-electron chi connectivity index (χ1n) is 8.93. The standard InChI is InChI=1S/C20H21N5O2/c1-24(12-17-10-21-7-8-22-17)20(26)18-14-27-19(23-18)13-25-9-6-15-4-2-3-5-16(15)11-25/h2-5,7-8,10,14H,6,9,11-13H2,1H3. The zero-order valence-corrected chi connectivity index (χ0v) is 15.2. The van der Waals surface area contributed by atoms with Crippen LogP contribution in [0, 0.1) is 0 Å². The topological polar surface area (TPSA) is 75.4 Å². The van der Waals surface area contributed by atoms with Crippen molar-refractivity contribution in [1.82, 2.24) is 24.8 Å². The van der Waals surface area contributed by atoms with Crippen LogP contribution in [0.4, 0.5) is 0 Å². The Kier molecular flexibility index (Phi) is 4.93. The summed E-state index contributed by atoms with van der Waals surface area (Å²) in [6, 6.07) is 8.49. The summed E-state index contributed by atoms with van der Waals surface area (Å²) < 4.78 is 5.55. The van der Waals surface area contributed by atoms with Gasteiger partial charge in [0.25, 0.3) is 5.91 Å². The predicted molar refractivity (Wildman–Crippen MR) is 98.6 cm³/mol. The van der Waals surface area contributed by atoms with Crippen LogP contribution in [0.1, 0.15) is 33.2 Å². The molecule has 0 N–H and O–H groups in total. The number of carbonyl (C=O) groups is 1. The van der Waals surface area contributed by atoms with Crippen LogP contribution in [0.25, 0.3) is 0 Å². The van der Waals surface area contributed by atoms with E-state index in [0.717, 1.165) is 25.2 Å². The van der Waals surface area contributed by atoms with Crippen molar-refractivity contribution < 1.29 is 9.21 Å². The second-order valence-electron chi connectivity index (χ2n) is 6.71. The average Bonchev–Trinajstić information content (AvgIpc) is 3.16. The van der Waals surface area contributed by atoms with Gasteiger partial charge in [0, 0.05) is 32.5 Å². The minimum absolute atomic E-state index is 0.195.